The third-order valence-electron chi connectivity index (χ3n) is 1.79. The van der Waals surface area contributed by atoms with E-state index in [9.17, 15) is 0 Å². The molecule has 66 valence electrons. The monoisotopic (exact) mass is 169 g/mol. The lowest BCUT2D eigenvalue weighted by Crippen LogP contribution is -2.46. The summed E-state index contributed by atoms with van der Waals surface area (Å²) < 4.78 is 0. The topological polar surface area (TPSA) is 90.4 Å². The van der Waals surface area contributed by atoms with Crippen molar-refractivity contribution in [2.45, 2.75) is 18.5 Å². The second kappa shape index (κ2) is 2.98. The molecule has 6 N–H and O–H groups in total. The first-order valence-electron chi connectivity index (χ1n) is 3.76. The van der Waals surface area contributed by atoms with Crippen molar-refractivity contribution in [3.63, 3.8) is 0 Å². The van der Waals surface area contributed by atoms with E-state index < -0.39 is 5.54 Å². The lowest BCUT2D eigenvalue weighted by atomic mass is 9.91. The maximum absolute atomic E-state index is 5.91. The zero-order valence-corrected chi connectivity index (χ0v) is 7.07. The van der Waals surface area contributed by atoms with Gasteiger partial charge < -0.3 is 17.2 Å². The smallest absolute Gasteiger partial charge is 0.186 e. The number of nitrogens with two attached hydrogens (primary N) is 3. The predicted octanol–water partition coefficient (Wildman–Crippen LogP) is -0.528. The van der Waals surface area contributed by atoms with Gasteiger partial charge in [0.2, 0.25) is 0 Å². The third-order valence-corrected chi connectivity index (χ3v) is 1.79. The molecule has 0 aromatic carbocycles. The molecule has 1 rings (SSSR count). The van der Waals surface area contributed by atoms with Crippen LogP contribution in [0.2, 0.25) is 0 Å². The Morgan fingerprint density at radius 1 is 1.42 bits per heavy atom. The summed E-state index contributed by atoms with van der Waals surface area (Å²) in [6.45, 7) is 1.88. The van der Waals surface area contributed by atoms with Crippen molar-refractivity contribution in [3.05, 3.63) is 24.3 Å². The highest BCUT2D eigenvalue weighted by atomic mass is 15.8. The average Bonchev–Trinajstić information content (AvgIpc) is 1.92. The molecule has 4 nitrogen and oxygen atoms in total. The van der Waals surface area contributed by atoms with Crippen LogP contribution in [0.25, 0.3) is 0 Å². The van der Waals surface area contributed by atoms with Crippen LogP contribution in [0, 0.1) is 0 Å². The van der Waals surface area contributed by atoms with Crippen LogP contribution in [0.1, 0.15) is 6.92 Å². The number of aliphatic imine (C=N–C) groups is 1. The van der Waals surface area contributed by atoms with Gasteiger partial charge in [-0.15, -0.1) is 0 Å². The number of hydrogen-bond acceptors (Lipinski definition) is 2. The van der Waals surface area contributed by atoms with E-state index in [-0.39, 0.29) is 12.0 Å². The van der Waals surface area contributed by atoms with Crippen molar-refractivity contribution < 1.29 is 0 Å². The summed E-state index contributed by atoms with van der Waals surface area (Å²) in [6, 6.07) is -0.160. The summed E-state index contributed by atoms with van der Waals surface area (Å²) >= 11 is 0. The maximum atomic E-state index is 5.91. The van der Waals surface area contributed by atoms with Gasteiger partial charge in [0.05, 0.1) is 11.6 Å². The van der Waals surface area contributed by atoms with E-state index in [0.717, 1.165) is 0 Å². The average molecular weight is 169 g/mol. The number of nitrogens with zero attached hydrogens (tertiary/aromatic N) is 1. The van der Waals surface area contributed by atoms with Crippen molar-refractivity contribution in [3.8, 4) is 0 Å². The van der Waals surface area contributed by atoms with Crippen LogP contribution >= 0.6 is 0 Å². The van der Waals surface area contributed by atoms with Crippen LogP contribution in [-0.2, 0) is 0 Å². The number of guanidine groups is 1. The van der Waals surface area contributed by atoms with Crippen LogP contribution in [-0.4, -0.2) is 17.5 Å². The van der Waals surface area contributed by atoms with Crippen LogP contribution < -0.4 is 17.2 Å². The van der Waals surface area contributed by atoms with Gasteiger partial charge in [-0.25, -0.2) is 4.99 Å². The van der Waals surface area contributed by atoms with Gasteiger partial charge in [-0.05, 0) is 6.92 Å². The van der Waals surface area contributed by atoms with Gasteiger partial charge in [-0.2, -0.15) is 0 Å². The van der Waals surface area contributed by atoms with Gasteiger partial charge in [0.1, 0.15) is 0 Å². The van der Waals surface area contributed by atoms with E-state index in [2.05, 4.69) is 4.99 Å². The molecule has 12 heavy (non-hydrogen) atoms. The van der Waals surface area contributed by atoms with Gasteiger partial charge in [0.15, 0.2) is 5.96 Å². The van der Waals surface area contributed by atoms with E-state index in [1.807, 2.05) is 31.2 Å². The molecule has 2 unspecified atom stereocenters. The highest BCUT2D eigenvalue weighted by Gasteiger charge is 2.26. The highest BCUT2D eigenvalue weighted by Crippen LogP contribution is 2.17. The molecule has 4 heteroatoms. The molecule has 1 aliphatic rings. The fourth-order valence-electron chi connectivity index (χ4n) is 1.08. The SMILES string of the molecule is CC1(N)C=CC=CC1[15N]=[13C](N)[15NH2]. The number of hydrogen-bond donors (Lipinski definition) is 3. The second-order valence-electron chi connectivity index (χ2n) is 3.11. The summed E-state index contributed by atoms with van der Waals surface area (Å²) in [5.74, 6) is 0.0663. The van der Waals surface area contributed by atoms with Gasteiger partial charge in [-0.3, -0.25) is 0 Å². The predicted molar refractivity (Wildman–Crippen MR) is 50.5 cm³/mol. The molecular formula is C8H14N4. The van der Waals surface area contributed by atoms with Crippen molar-refractivity contribution in [2.24, 2.45) is 22.2 Å². The van der Waals surface area contributed by atoms with Crippen molar-refractivity contribution in [2.75, 3.05) is 0 Å². The highest BCUT2D eigenvalue weighted by molar-refractivity contribution is 5.76. The van der Waals surface area contributed by atoms with Crippen LogP contribution in [0.15, 0.2) is 29.3 Å². The van der Waals surface area contributed by atoms with Gasteiger partial charge in [0.25, 0.3) is 0 Å². The molecule has 0 heterocycles. The van der Waals surface area contributed by atoms with E-state index in [0.29, 0.717) is 0 Å². The van der Waals surface area contributed by atoms with E-state index in [1.54, 1.807) is 0 Å². The second-order valence-corrected chi connectivity index (χ2v) is 3.11. The lowest BCUT2D eigenvalue weighted by Gasteiger charge is -2.27. The Bertz CT molecular complexity index is 246. The van der Waals surface area contributed by atoms with Crippen LogP contribution in [0.4, 0.5) is 0 Å². The first-order valence-corrected chi connectivity index (χ1v) is 3.76. The third kappa shape index (κ3) is 1.85. The molecule has 0 saturated heterocycles. The first-order chi connectivity index (χ1) is 5.52. The Balaban J connectivity index is 2.84. The van der Waals surface area contributed by atoms with E-state index >= 15 is 0 Å². The summed E-state index contributed by atoms with van der Waals surface area (Å²) in [5, 5.41) is 0. The van der Waals surface area contributed by atoms with E-state index in [1.165, 1.54) is 0 Å². The molecule has 1 aliphatic carbocycles. The molecule has 0 aromatic heterocycles. The first kappa shape index (κ1) is 8.80. The maximum Gasteiger partial charge on any atom is 0.186 e. The standard InChI is InChI=1S/C8H14N4/c1-8(11)5-3-2-4-6(8)12-7(9)10/h2-6H,11H2,1H3,(H4,9,10,12)/i7+1,9+1,12+1. The minimum absolute atomic E-state index is 0.0663. The molecule has 0 radical (unpaired) electrons. The summed E-state index contributed by atoms with van der Waals surface area (Å²) in [4.78, 5) is 4.00. The molecule has 0 amide bonds. The summed E-state index contributed by atoms with van der Waals surface area (Å²) in [6.07, 6.45) is 7.52. The van der Waals surface area contributed by atoms with Crippen LogP contribution in [0.3, 0.4) is 0 Å². The molecule has 0 fully saturated rings. The Morgan fingerprint density at radius 2 is 2.08 bits per heavy atom. The Hall–Kier alpha value is -1.29. The van der Waals surface area contributed by atoms with Crippen LogP contribution in [0.5, 0.6) is 0 Å². The lowest BCUT2D eigenvalue weighted by molar-refractivity contribution is 0.516. The molecule has 2 atom stereocenters. The van der Waals surface area contributed by atoms with Crippen molar-refractivity contribution >= 4 is 5.96 Å². The molecule has 0 aliphatic heterocycles. The van der Waals surface area contributed by atoms with E-state index in [4.69, 9.17) is 17.2 Å². The minimum atomic E-state index is -0.487. The quantitative estimate of drug-likeness (QED) is 0.213. The van der Waals surface area contributed by atoms with Crippen molar-refractivity contribution in [1.29, 1.82) is 0 Å². The molecule has 0 saturated carbocycles. The molecule has 0 spiro atoms. The molecular weight excluding hydrogens is 155 g/mol. The minimum Gasteiger partial charge on any atom is -0.370 e. The van der Waals surface area contributed by atoms with Crippen molar-refractivity contribution in [1.82, 2.24) is 0 Å². The van der Waals surface area contributed by atoms with Gasteiger partial charge in [0, 0.05) is 0 Å². The van der Waals surface area contributed by atoms with Gasteiger partial charge >= 0.3 is 0 Å². The number of allylic oxidation sites excluding steroid dienone is 2. The largest absolute Gasteiger partial charge is 0.370 e. The Kier molecular flexibility index (Phi) is 2.19. The fourth-order valence-corrected chi connectivity index (χ4v) is 1.08. The zero-order chi connectivity index (χ0) is 9.19. The normalized spacial score (nSPS) is 35.5. The molecule has 0 bridgehead atoms. The zero-order valence-electron chi connectivity index (χ0n) is 7.07. The van der Waals surface area contributed by atoms with Gasteiger partial charge in [-0.1, -0.05) is 24.3 Å². The summed E-state index contributed by atoms with van der Waals surface area (Å²) in [7, 11) is 0. The fraction of sp³-hybridized carbons (Fsp3) is 0.375. The summed E-state index contributed by atoms with van der Waals surface area (Å²) in [5.41, 5.74) is 15.9. The Labute approximate surface area is 71.8 Å². The Morgan fingerprint density at radius 3 is 2.58 bits per heavy atom. The number of rotatable bonds is 1. The molecule has 0 aromatic rings.